The van der Waals surface area contributed by atoms with Crippen LogP contribution in [0.15, 0.2) is 0 Å². The minimum atomic E-state index is -1.61. The molecule has 7 heteroatoms. The fourth-order valence-corrected chi connectivity index (χ4v) is 3.85. The Hall–Kier alpha value is -1.47. The molecular formula is C21H38N2O5. The van der Waals surface area contributed by atoms with Crippen molar-refractivity contribution in [2.75, 3.05) is 6.54 Å². The Labute approximate surface area is 168 Å². The number of aliphatic hydroxyl groups is 1. The van der Waals surface area contributed by atoms with Crippen molar-refractivity contribution in [2.24, 2.45) is 17.8 Å². The lowest BCUT2D eigenvalue weighted by molar-refractivity contribution is -0.146. The number of hydroxylamine groups is 1. The largest absolute Gasteiger partial charge is 0.382 e. The smallest absolute Gasteiger partial charge is 0.272 e. The van der Waals surface area contributed by atoms with Gasteiger partial charge in [0.1, 0.15) is 11.9 Å². The summed E-state index contributed by atoms with van der Waals surface area (Å²) in [6.07, 6.45) is 8.12. The van der Waals surface area contributed by atoms with Crippen LogP contribution in [0.5, 0.6) is 0 Å². The van der Waals surface area contributed by atoms with Crippen molar-refractivity contribution < 1.29 is 24.7 Å². The molecule has 3 atom stereocenters. The molecule has 0 aromatic rings. The number of rotatable bonds is 7. The number of aliphatic hydroxyl groups excluding tert-OH is 1. The molecule has 0 aromatic carbocycles. The third kappa shape index (κ3) is 9.15. The van der Waals surface area contributed by atoms with E-state index in [0.29, 0.717) is 19.4 Å². The molecule has 2 amide bonds. The first-order valence-electron chi connectivity index (χ1n) is 10.8. The zero-order valence-electron chi connectivity index (χ0n) is 17.4. The molecular weight excluding hydrogens is 360 g/mol. The Morgan fingerprint density at radius 1 is 1.07 bits per heavy atom. The summed E-state index contributed by atoms with van der Waals surface area (Å²) in [5.41, 5.74) is 1.42. The first-order chi connectivity index (χ1) is 13.4. The molecule has 28 heavy (non-hydrogen) atoms. The van der Waals surface area contributed by atoms with Crippen molar-refractivity contribution in [1.82, 2.24) is 10.8 Å². The summed E-state index contributed by atoms with van der Waals surface area (Å²) in [5.74, 6) is -2.68. The van der Waals surface area contributed by atoms with Gasteiger partial charge in [-0.2, -0.15) is 0 Å². The van der Waals surface area contributed by atoms with Gasteiger partial charge in [-0.25, -0.2) is 5.48 Å². The molecule has 1 heterocycles. The summed E-state index contributed by atoms with van der Waals surface area (Å²) in [5, 5.41) is 21.9. The van der Waals surface area contributed by atoms with Crippen LogP contribution in [0.2, 0.25) is 0 Å². The van der Waals surface area contributed by atoms with Gasteiger partial charge >= 0.3 is 0 Å². The minimum Gasteiger partial charge on any atom is -0.382 e. The summed E-state index contributed by atoms with van der Waals surface area (Å²) in [6.45, 7) is 4.42. The molecule has 1 saturated heterocycles. The quantitative estimate of drug-likeness (QED) is 0.389. The molecule has 0 radical (unpaired) electrons. The van der Waals surface area contributed by atoms with Crippen LogP contribution in [0, 0.1) is 17.8 Å². The molecule has 4 N–H and O–H groups in total. The molecule has 0 aromatic heterocycles. The van der Waals surface area contributed by atoms with E-state index < -0.39 is 23.8 Å². The highest BCUT2D eigenvalue weighted by atomic mass is 16.5. The zero-order valence-corrected chi connectivity index (χ0v) is 17.4. The molecule has 162 valence electrons. The summed E-state index contributed by atoms with van der Waals surface area (Å²) in [6, 6.07) is 0. The van der Waals surface area contributed by atoms with E-state index in [0.717, 1.165) is 32.1 Å². The molecule has 0 bridgehead atoms. The zero-order chi connectivity index (χ0) is 20.9. The van der Waals surface area contributed by atoms with E-state index in [4.69, 9.17) is 5.21 Å². The molecule has 0 unspecified atom stereocenters. The molecule has 0 spiro atoms. The van der Waals surface area contributed by atoms with Crippen LogP contribution in [-0.4, -0.2) is 40.6 Å². The Balaban J connectivity index is 2.80. The standard InChI is InChI=1S/C21H38N2O5/c1-15(2)13-17(19(25)21(27)23-28)18(24)14-16-11-9-7-5-3-4-6-8-10-12-22-20(16)26/h15-17,19,25,28H,3-14H2,1-2H3,(H,22,26)(H,23,27)/t16-,17+,19+/m1/s1. The van der Waals surface area contributed by atoms with E-state index in [-0.39, 0.29) is 24.0 Å². The third-order valence-corrected chi connectivity index (χ3v) is 5.50. The Morgan fingerprint density at radius 2 is 1.64 bits per heavy atom. The molecule has 0 saturated carbocycles. The number of amides is 2. The van der Waals surface area contributed by atoms with E-state index in [1.54, 1.807) is 0 Å². The van der Waals surface area contributed by atoms with Crippen molar-refractivity contribution in [3.8, 4) is 0 Å². The molecule has 1 fully saturated rings. The summed E-state index contributed by atoms with van der Waals surface area (Å²) < 4.78 is 0. The van der Waals surface area contributed by atoms with E-state index in [1.807, 2.05) is 13.8 Å². The minimum absolute atomic E-state index is 0.0129. The highest BCUT2D eigenvalue weighted by molar-refractivity contribution is 5.92. The van der Waals surface area contributed by atoms with Crippen LogP contribution in [-0.2, 0) is 14.4 Å². The molecule has 0 aliphatic carbocycles. The maximum Gasteiger partial charge on any atom is 0.272 e. The van der Waals surface area contributed by atoms with Crippen LogP contribution < -0.4 is 10.8 Å². The van der Waals surface area contributed by atoms with E-state index in [2.05, 4.69) is 5.32 Å². The first-order valence-corrected chi connectivity index (χ1v) is 10.8. The summed E-state index contributed by atoms with van der Waals surface area (Å²) in [4.78, 5) is 37.1. The van der Waals surface area contributed by atoms with E-state index in [1.165, 1.54) is 24.7 Å². The normalized spacial score (nSPS) is 22.2. The van der Waals surface area contributed by atoms with E-state index in [9.17, 15) is 19.5 Å². The maximum atomic E-state index is 12.9. The fraction of sp³-hybridized carbons (Fsp3) is 0.857. The predicted molar refractivity (Wildman–Crippen MR) is 107 cm³/mol. The Bertz CT molecular complexity index is 495. The average Bonchev–Trinajstić information content (AvgIpc) is 2.68. The van der Waals surface area contributed by atoms with Gasteiger partial charge in [0.2, 0.25) is 5.91 Å². The lowest BCUT2D eigenvalue weighted by Gasteiger charge is -2.24. The molecule has 1 aliphatic rings. The highest BCUT2D eigenvalue weighted by Crippen LogP contribution is 2.24. The summed E-state index contributed by atoms with van der Waals surface area (Å²) in [7, 11) is 0. The van der Waals surface area contributed by atoms with Crippen LogP contribution in [0.1, 0.15) is 84.5 Å². The van der Waals surface area contributed by atoms with Crippen molar-refractivity contribution in [3.05, 3.63) is 0 Å². The topological polar surface area (TPSA) is 116 Å². The number of ketones is 1. The summed E-state index contributed by atoms with van der Waals surface area (Å²) >= 11 is 0. The monoisotopic (exact) mass is 398 g/mol. The first kappa shape index (κ1) is 24.6. The van der Waals surface area contributed by atoms with E-state index >= 15 is 0 Å². The van der Waals surface area contributed by atoms with Gasteiger partial charge in [-0.1, -0.05) is 58.8 Å². The van der Waals surface area contributed by atoms with Crippen LogP contribution in [0.3, 0.4) is 0 Å². The number of nitrogens with one attached hydrogen (secondary N) is 2. The number of Topliss-reactive ketones (excluding diaryl/α,β-unsaturated/α-hetero) is 1. The SMILES string of the molecule is CC(C)C[C@@H](C(=O)C[C@H]1CCCCCCCCCCNC1=O)[C@H](O)C(=O)NO. The predicted octanol–water partition coefficient (Wildman–Crippen LogP) is 2.73. The van der Waals surface area contributed by atoms with Crippen molar-refractivity contribution >= 4 is 17.6 Å². The van der Waals surface area contributed by atoms with Crippen LogP contribution in [0.4, 0.5) is 0 Å². The lowest BCUT2D eigenvalue weighted by Crippen LogP contribution is -2.43. The van der Waals surface area contributed by atoms with Gasteiger partial charge in [-0.15, -0.1) is 0 Å². The van der Waals surface area contributed by atoms with Crippen molar-refractivity contribution in [2.45, 2.75) is 90.6 Å². The van der Waals surface area contributed by atoms with Crippen molar-refractivity contribution in [3.63, 3.8) is 0 Å². The highest BCUT2D eigenvalue weighted by Gasteiger charge is 2.34. The van der Waals surface area contributed by atoms with Gasteiger partial charge < -0.3 is 10.4 Å². The van der Waals surface area contributed by atoms with Gasteiger partial charge in [0.15, 0.2) is 0 Å². The van der Waals surface area contributed by atoms with Gasteiger partial charge in [0, 0.05) is 18.9 Å². The third-order valence-electron chi connectivity index (χ3n) is 5.50. The number of hydrogen-bond donors (Lipinski definition) is 4. The molecule has 1 rings (SSSR count). The van der Waals surface area contributed by atoms with Gasteiger partial charge in [-0.3, -0.25) is 19.6 Å². The van der Waals surface area contributed by atoms with Crippen molar-refractivity contribution in [1.29, 1.82) is 0 Å². The van der Waals surface area contributed by atoms with Crippen LogP contribution >= 0.6 is 0 Å². The second kappa shape index (κ2) is 13.7. The van der Waals surface area contributed by atoms with Gasteiger partial charge in [0.25, 0.3) is 5.91 Å². The fourth-order valence-electron chi connectivity index (χ4n) is 3.85. The second-order valence-corrected chi connectivity index (χ2v) is 8.43. The van der Waals surface area contributed by atoms with Crippen LogP contribution in [0.25, 0.3) is 0 Å². The van der Waals surface area contributed by atoms with Gasteiger partial charge in [0.05, 0.1) is 5.92 Å². The number of carbonyl (C=O) groups excluding carboxylic acids is 3. The Morgan fingerprint density at radius 3 is 2.21 bits per heavy atom. The second-order valence-electron chi connectivity index (χ2n) is 8.43. The number of carbonyl (C=O) groups is 3. The molecule has 7 nitrogen and oxygen atoms in total. The molecule has 1 aliphatic heterocycles. The lowest BCUT2D eigenvalue weighted by atomic mass is 9.83. The Kier molecular flexibility index (Phi) is 12.0. The number of hydrogen-bond acceptors (Lipinski definition) is 5. The maximum absolute atomic E-state index is 12.9. The average molecular weight is 399 g/mol. The van der Waals surface area contributed by atoms with Gasteiger partial charge in [-0.05, 0) is 25.2 Å².